The first kappa shape index (κ1) is 13.9. The van der Waals surface area contributed by atoms with E-state index in [1.54, 1.807) is 0 Å². The monoisotopic (exact) mass is 219 g/mol. The fraction of sp³-hybridized carbons (Fsp3) is 0.778. The zero-order valence-corrected chi connectivity index (χ0v) is 9.02. The molecule has 0 aromatic heterocycles. The van der Waals surface area contributed by atoms with Crippen LogP contribution in [0.5, 0.6) is 0 Å². The van der Waals surface area contributed by atoms with Gasteiger partial charge in [-0.2, -0.15) is 0 Å². The predicted molar refractivity (Wildman–Crippen MR) is 52.1 cm³/mol. The maximum atomic E-state index is 11.3. The van der Waals surface area contributed by atoms with Crippen LogP contribution in [0.15, 0.2) is 0 Å². The molecular formula is C9H17NO5. The SMILES string of the molecule is C[C@@H](NC(=O)C(O)C(C)(C)CO)C(=O)O. The Morgan fingerprint density at radius 2 is 1.87 bits per heavy atom. The number of hydrogen-bond donors (Lipinski definition) is 4. The van der Waals surface area contributed by atoms with E-state index in [-0.39, 0.29) is 6.61 Å². The summed E-state index contributed by atoms with van der Waals surface area (Å²) in [5, 5.41) is 29.1. The Kier molecular flexibility index (Phi) is 4.70. The molecule has 0 heterocycles. The molecule has 0 rings (SSSR count). The van der Waals surface area contributed by atoms with E-state index in [4.69, 9.17) is 10.2 Å². The average molecular weight is 219 g/mol. The molecule has 0 saturated heterocycles. The number of aliphatic hydroxyl groups excluding tert-OH is 2. The molecule has 0 saturated carbocycles. The Balaban J connectivity index is 4.40. The van der Waals surface area contributed by atoms with Crippen molar-refractivity contribution in [3.63, 3.8) is 0 Å². The average Bonchev–Trinajstić information content (AvgIpc) is 2.16. The quantitative estimate of drug-likeness (QED) is 0.472. The number of rotatable bonds is 5. The first-order valence-corrected chi connectivity index (χ1v) is 4.54. The van der Waals surface area contributed by atoms with Gasteiger partial charge in [0.15, 0.2) is 0 Å². The lowest BCUT2D eigenvalue weighted by Crippen LogP contribution is -2.49. The molecule has 6 nitrogen and oxygen atoms in total. The van der Waals surface area contributed by atoms with Crippen LogP contribution in [0.1, 0.15) is 20.8 Å². The topological polar surface area (TPSA) is 107 Å². The summed E-state index contributed by atoms with van der Waals surface area (Å²) in [6, 6.07) is -1.07. The fourth-order valence-electron chi connectivity index (χ4n) is 0.795. The Morgan fingerprint density at radius 1 is 1.40 bits per heavy atom. The van der Waals surface area contributed by atoms with Crippen LogP contribution in [0.3, 0.4) is 0 Å². The molecule has 2 atom stereocenters. The lowest BCUT2D eigenvalue weighted by molar-refractivity contribution is -0.145. The summed E-state index contributed by atoms with van der Waals surface area (Å²) in [6.45, 7) is 3.92. The molecule has 1 unspecified atom stereocenters. The van der Waals surface area contributed by atoms with Gasteiger partial charge in [-0.1, -0.05) is 13.8 Å². The smallest absolute Gasteiger partial charge is 0.325 e. The number of carbonyl (C=O) groups is 2. The largest absolute Gasteiger partial charge is 0.480 e. The Bertz CT molecular complexity index is 251. The number of hydrogen-bond acceptors (Lipinski definition) is 4. The molecule has 6 heteroatoms. The summed E-state index contributed by atoms with van der Waals surface area (Å²) in [7, 11) is 0. The van der Waals surface area contributed by atoms with Crippen molar-refractivity contribution in [2.24, 2.45) is 5.41 Å². The van der Waals surface area contributed by atoms with E-state index < -0.39 is 29.4 Å². The summed E-state index contributed by atoms with van der Waals surface area (Å²) in [6.07, 6.45) is -1.44. The number of carboxylic acid groups (broad SMARTS) is 1. The molecule has 15 heavy (non-hydrogen) atoms. The van der Waals surface area contributed by atoms with E-state index in [1.165, 1.54) is 20.8 Å². The maximum Gasteiger partial charge on any atom is 0.325 e. The van der Waals surface area contributed by atoms with Gasteiger partial charge in [-0.25, -0.2) is 0 Å². The second-order valence-corrected chi connectivity index (χ2v) is 4.12. The van der Waals surface area contributed by atoms with Crippen LogP contribution in [-0.4, -0.2) is 45.9 Å². The second-order valence-electron chi connectivity index (χ2n) is 4.12. The number of amides is 1. The Labute approximate surface area is 87.9 Å². The van der Waals surface area contributed by atoms with Crippen LogP contribution in [0.25, 0.3) is 0 Å². The molecule has 0 radical (unpaired) electrons. The molecule has 0 aromatic rings. The first-order valence-electron chi connectivity index (χ1n) is 4.54. The molecule has 0 spiro atoms. The van der Waals surface area contributed by atoms with Gasteiger partial charge in [0.2, 0.25) is 5.91 Å². The highest BCUT2D eigenvalue weighted by molar-refractivity contribution is 5.86. The first-order chi connectivity index (χ1) is 6.72. The Hall–Kier alpha value is -1.14. The van der Waals surface area contributed by atoms with E-state index in [1.807, 2.05) is 0 Å². The fourth-order valence-corrected chi connectivity index (χ4v) is 0.795. The van der Waals surface area contributed by atoms with Crippen molar-refractivity contribution in [2.75, 3.05) is 6.61 Å². The minimum absolute atomic E-state index is 0.372. The van der Waals surface area contributed by atoms with Crippen molar-refractivity contribution in [3.05, 3.63) is 0 Å². The van der Waals surface area contributed by atoms with Crippen LogP contribution in [0.2, 0.25) is 0 Å². The van der Waals surface area contributed by atoms with Gasteiger partial charge in [0, 0.05) is 5.41 Å². The highest BCUT2D eigenvalue weighted by Crippen LogP contribution is 2.19. The van der Waals surface area contributed by atoms with Gasteiger partial charge >= 0.3 is 5.97 Å². The predicted octanol–water partition coefficient (Wildman–Crippen LogP) is -1.04. The number of carboxylic acids is 1. The van der Waals surface area contributed by atoms with Crippen LogP contribution in [0, 0.1) is 5.41 Å². The van der Waals surface area contributed by atoms with E-state index in [2.05, 4.69) is 5.32 Å². The molecule has 4 N–H and O–H groups in total. The third-order valence-corrected chi connectivity index (χ3v) is 2.13. The maximum absolute atomic E-state index is 11.3. The number of nitrogens with one attached hydrogen (secondary N) is 1. The van der Waals surface area contributed by atoms with E-state index >= 15 is 0 Å². The number of carbonyl (C=O) groups excluding carboxylic acids is 1. The standard InChI is InChI=1S/C9H17NO5/c1-5(8(14)15)10-7(13)6(12)9(2,3)4-11/h5-6,11-12H,4H2,1-3H3,(H,10,13)(H,14,15)/t5-,6?/m1/s1. The van der Waals surface area contributed by atoms with Gasteiger partial charge in [-0.05, 0) is 6.92 Å². The normalized spacial score (nSPS) is 15.5. The van der Waals surface area contributed by atoms with Gasteiger partial charge in [0.05, 0.1) is 6.61 Å². The zero-order valence-electron chi connectivity index (χ0n) is 9.02. The molecular weight excluding hydrogens is 202 g/mol. The summed E-state index contributed by atoms with van der Waals surface area (Å²) in [5.74, 6) is -1.98. The van der Waals surface area contributed by atoms with E-state index in [9.17, 15) is 14.7 Å². The highest BCUT2D eigenvalue weighted by Gasteiger charge is 2.34. The van der Waals surface area contributed by atoms with Gasteiger partial charge in [-0.3, -0.25) is 9.59 Å². The van der Waals surface area contributed by atoms with Crippen molar-refractivity contribution in [3.8, 4) is 0 Å². The van der Waals surface area contributed by atoms with Crippen LogP contribution >= 0.6 is 0 Å². The van der Waals surface area contributed by atoms with Gasteiger partial charge in [-0.15, -0.1) is 0 Å². The molecule has 0 aliphatic rings. The third kappa shape index (κ3) is 3.85. The zero-order chi connectivity index (χ0) is 12.2. The van der Waals surface area contributed by atoms with Crippen LogP contribution in [-0.2, 0) is 9.59 Å². The van der Waals surface area contributed by atoms with Crippen molar-refractivity contribution in [1.82, 2.24) is 5.32 Å². The molecule has 88 valence electrons. The van der Waals surface area contributed by atoms with E-state index in [0.29, 0.717) is 0 Å². The van der Waals surface area contributed by atoms with Gasteiger partial charge in [0.25, 0.3) is 0 Å². The summed E-state index contributed by atoms with van der Waals surface area (Å²) in [4.78, 5) is 21.8. The van der Waals surface area contributed by atoms with Crippen molar-refractivity contribution < 1.29 is 24.9 Å². The number of aliphatic hydroxyl groups is 2. The molecule has 0 fully saturated rings. The van der Waals surface area contributed by atoms with Crippen molar-refractivity contribution in [1.29, 1.82) is 0 Å². The second kappa shape index (κ2) is 5.09. The number of aliphatic carboxylic acids is 1. The van der Waals surface area contributed by atoms with Crippen molar-refractivity contribution >= 4 is 11.9 Å². The third-order valence-electron chi connectivity index (χ3n) is 2.13. The molecule has 0 aromatic carbocycles. The Morgan fingerprint density at radius 3 is 2.20 bits per heavy atom. The van der Waals surface area contributed by atoms with Crippen LogP contribution < -0.4 is 5.32 Å². The van der Waals surface area contributed by atoms with Crippen LogP contribution in [0.4, 0.5) is 0 Å². The molecule has 0 aliphatic heterocycles. The van der Waals surface area contributed by atoms with Gasteiger partial charge < -0.3 is 20.6 Å². The molecule has 0 aliphatic carbocycles. The highest BCUT2D eigenvalue weighted by atomic mass is 16.4. The minimum atomic E-state index is -1.44. The molecule has 1 amide bonds. The summed E-state index contributed by atoms with van der Waals surface area (Å²) in [5.41, 5.74) is -0.998. The molecule has 0 bridgehead atoms. The van der Waals surface area contributed by atoms with Gasteiger partial charge in [0.1, 0.15) is 12.1 Å². The summed E-state index contributed by atoms with van der Waals surface area (Å²) >= 11 is 0. The van der Waals surface area contributed by atoms with E-state index in [0.717, 1.165) is 0 Å². The van der Waals surface area contributed by atoms with Crippen molar-refractivity contribution in [2.45, 2.75) is 32.9 Å². The lowest BCUT2D eigenvalue weighted by Gasteiger charge is -2.27. The minimum Gasteiger partial charge on any atom is -0.480 e. The summed E-state index contributed by atoms with van der Waals surface area (Å²) < 4.78 is 0. The lowest BCUT2D eigenvalue weighted by atomic mass is 9.87.